The van der Waals surface area contributed by atoms with Gasteiger partial charge in [-0.15, -0.1) is 11.3 Å². The molecule has 0 aliphatic heterocycles. The van der Waals surface area contributed by atoms with E-state index in [9.17, 15) is 4.79 Å². The van der Waals surface area contributed by atoms with Gasteiger partial charge in [0.05, 0.1) is 23.7 Å². The SMILES string of the molecule is COCCN(Cc1cccs1)C(=O)c1ccc(N)cc1Cl. The number of nitrogens with zero attached hydrogens (tertiary/aromatic N) is 1. The first-order chi connectivity index (χ1) is 10.1. The van der Waals surface area contributed by atoms with Crippen LogP contribution in [0.3, 0.4) is 0 Å². The molecule has 6 heteroatoms. The average Bonchev–Trinajstić information content (AvgIpc) is 2.95. The van der Waals surface area contributed by atoms with Crippen molar-refractivity contribution in [1.82, 2.24) is 4.90 Å². The highest BCUT2D eigenvalue weighted by Crippen LogP contribution is 2.22. The van der Waals surface area contributed by atoms with Crippen molar-refractivity contribution in [3.8, 4) is 0 Å². The van der Waals surface area contributed by atoms with E-state index >= 15 is 0 Å². The molecule has 0 aliphatic rings. The Labute approximate surface area is 133 Å². The van der Waals surface area contributed by atoms with Crippen LogP contribution >= 0.6 is 22.9 Å². The summed E-state index contributed by atoms with van der Waals surface area (Å²) in [6.07, 6.45) is 0. The van der Waals surface area contributed by atoms with Gasteiger partial charge in [0.15, 0.2) is 0 Å². The monoisotopic (exact) mass is 324 g/mol. The largest absolute Gasteiger partial charge is 0.399 e. The molecule has 2 aromatic rings. The van der Waals surface area contributed by atoms with Gasteiger partial charge in [0, 0.05) is 24.2 Å². The minimum absolute atomic E-state index is 0.120. The highest BCUT2D eigenvalue weighted by atomic mass is 35.5. The third-order valence-electron chi connectivity index (χ3n) is 3.00. The second-order valence-electron chi connectivity index (χ2n) is 4.54. The topological polar surface area (TPSA) is 55.6 Å². The van der Waals surface area contributed by atoms with E-state index in [-0.39, 0.29) is 5.91 Å². The Morgan fingerprint density at radius 3 is 2.86 bits per heavy atom. The molecule has 1 aromatic carbocycles. The van der Waals surface area contributed by atoms with Crippen molar-refractivity contribution >= 4 is 34.5 Å². The first-order valence-electron chi connectivity index (χ1n) is 6.47. The Morgan fingerprint density at radius 1 is 1.43 bits per heavy atom. The zero-order valence-electron chi connectivity index (χ0n) is 11.7. The second kappa shape index (κ2) is 7.45. The first-order valence-corrected chi connectivity index (χ1v) is 7.73. The Bertz CT molecular complexity index is 602. The molecule has 0 spiro atoms. The number of hydrogen-bond donors (Lipinski definition) is 1. The molecule has 0 aliphatic carbocycles. The van der Waals surface area contributed by atoms with Gasteiger partial charge in [0.1, 0.15) is 0 Å². The molecule has 1 amide bonds. The summed E-state index contributed by atoms with van der Waals surface area (Å²) in [5.74, 6) is -0.120. The van der Waals surface area contributed by atoms with Crippen molar-refractivity contribution in [2.45, 2.75) is 6.54 Å². The highest BCUT2D eigenvalue weighted by Gasteiger charge is 2.19. The molecule has 0 fully saturated rings. The standard InChI is InChI=1S/C15H17ClN2O2S/c1-20-7-6-18(10-12-3-2-8-21-12)15(19)13-5-4-11(17)9-14(13)16/h2-5,8-9H,6-7,10,17H2,1H3. The van der Waals surface area contributed by atoms with Gasteiger partial charge in [-0.2, -0.15) is 0 Å². The van der Waals surface area contributed by atoms with Crippen LogP contribution in [0.2, 0.25) is 5.02 Å². The summed E-state index contributed by atoms with van der Waals surface area (Å²) >= 11 is 7.74. The third kappa shape index (κ3) is 4.20. The number of amides is 1. The van der Waals surface area contributed by atoms with Crippen LogP contribution in [-0.2, 0) is 11.3 Å². The molecule has 0 unspecified atom stereocenters. The first kappa shape index (κ1) is 15.8. The maximum Gasteiger partial charge on any atom is 0.255 e. The molecular formula is C15H17ClN2O2S. The minimum atomic E-state index is -0.120. The molecule has 1 aromatic heterocycles. The van der Waals surface area contributed by atoms with Crippen LogP contribution in [0.5, 0.6) is 0 Å². The molecule has 0 saturated carbocycles. The number of carbonyl (C=O) groups excluding carboxylic acids is 1. The molecular weight excluding hydrogens is 308 g/mol. The van der Waals surface area contributed by atoms with E-state index in [4.69, 9.17) is 22.1 Å². The number of nitrogens with two attached hydrogens (primary N) is 1. The molecule has 4 nitrogen and oxygen atoms in total. The van der Waals surface area contributed by atoms with E-state index < -0.39 is 0 Å². The zero-order chi connectivity index (χ0) is 15.2. The number of halogens is 1. The van der Waals surface area contributed by atoms with Crippen LogP contribution in [0.1, 0.15) is 15.2 Å². The molecule has 0 atom stereocenters. The summed E-state index contributed by atoms with van der Waals surface area (Å²) in [5, 5.41) is 2.36. The van der Waals surface area contributed by atoms with Crippen molar-refractivity contribution in [2.24, 2.45) is 0 Å². The zero-order valence-corrected chi connectivity index (χ0v) is 13.3. The van der Waals surface area contributed by atoms with Crippen LogP contribution in [0.25, 0.3) is 0 Å². The number of rotatable bonds is 6. The molecule has 0 bridgehead atoms. The van der Waals surface area contributed by atoms with Crippen molar-refractivity contribution in [3.05, 3.63) is 51.2 Å². The molecule has 1 heterocycles. The molecule has 112 valence electrons. The van der Waals surface area contributed by atoms with Crippen molar-refractivity contribution < 1.29 is 9.53 Å². The van der Waals surface area contributed by atoms with E-state index in [0.717, 1.165) is 4.88 Å². The quantitative estimate of drug-likeness (QED) is 0.830. The number of hydrogen-bond acceptors (Lipinski definition) is 4. The fourth-order valence-electron chi connectivity index (χ4n) is 1.92. The van der Waals surface area contributed by atoms with Crippen LogP contribution < -0.4 is 5.73 Å². The van der Waals surface area contributed by atoms with Crippen LogP contribution in [-0.4, -0.2) is 31.1 Å². The lowest BCUT2D eigenvalue weighted by atomic mass is 10.1. The lowest BCUT2D eigenvalue weighted by Crippen LogP contribution is -2.33. The van der Waals surface area contributed by atoms with E-state index in [1.54, 1.807) is 41.5 Å². The fraction of sp³-hybridized carbons (Fsp3) is 0.267. The van der Waals surface area contributed by atoms with Crippen molar-refractivity contribution in [1.29, 1.82) is 0 Å². The summed E-state index contributed by atoms with van der Waals surface area (Å²) in [6, 6.07) is 8.90. The smallest absolute Gasteiger partial charge is 0.255 e. The number of thiophene rings is 1. The lowest BCUT2D eigenvalue weighted by molar-refractivity contribution is 0.0682. The Kier molecular flexibility index (Phi) is 5.61. The second-order valence-corrected chi connectivity index (χ2v) is 5.98. The summed E-state index contributed by atoms with van der Waals surface area (Å²) in [7, 11) is 1.62. The number of ether oxygens (including phenoxy) is 1. The number of nitrogen functional groups attached to an aromatic ring is 1. The Morgan fingerprint density at radius 2 is 2.24 bits per heavy atom. The lowest BCUT2D eigenvalue weighted by Gasteiger charge is -2.22. The van der Waals surface area contributed by atoms with Gasteiger partial charge in [-0.3, -0.25) is 4.79 Å². The molecule has 0 radical (unpaired) electrons. The Balaban J connectivity index is 2.20. The van der Waals surface area contributed by atoms with E-state index in [1.807, 2.05) is 17.5 Å². The van der Waals surface area contributed by atoms with Gasteiger partial charge in [-0.25, -0.2) is 0 Å². The summed E-state index contributed by atoms with van der Waals surface area (Å²) < 4.78 is 5.08. The maximum atomic E-state index is 12.7. The van der Waals surface area contributed by atoms with Gasteiger partial charge in [-0.05, 0) is 29.6 Å². The van der Waals surface area contributed by atoms with Gasteiger partial charge in [0.2, 0.25) is 0 Å². The number of benzene rings is 1. The van der Waals surface area contributed by atoms with Crippen molar-refractivity contribution in [2.75, 3.05) is 26.0 Å². The Hall–Kier alpha value is -1.56. The van der Waals surface area contributed by atoms with Crippen LogP contribution in [0.15, 0.2) is 35.7 Å². The number of anilines is 1. The molecule has 2 N–H and O–H groups in total. The van der Waals surface area contributed by atoms with Gasteiger partial charge < -0.3 is 15.4 Å². The summed E-state index contributed by atoms with van der Waals surface area (Å²) in [5.41, 5.74) is 6.66. The summed E-state index contributed by atoms with van der Waals surface area (Å²) in [6.45, 7) is 1.53. The van der Waals surface area contributed by atoms with Crippen LogP contribution in [0.4, 0.5) is 5.69 Å². The normalized spacial score (nSPS) is 10.6. The van der Waals surface area contributed by atoms with E-state index in [0.29, 0.717) is 36.0 Å². The number of carbonyl (C=O) groups is 1. The van der Waals surface area contributed by atoms with Crippen molar-refractivity contribution in [3.63, 3.8) is 0 Å². The third-order valence-corrected chi connectivity index (χ3v) is 4.18. The average molecular weight is 325 g/mol. The van der Waals surface area contributed by atoms with Gasteiger partial charge >= 0.3 is 0 Å². The highest BCUT2D eigenvalue weighted by molar-refractivity contribution is 7.09. The van der Waals surface area contributed by atoms with Crippen LogP contribution in [0, 0.1) is 0 Å². The summed E-state index contributed by atoms with van der Waals surface area (Å²) in [4.78, 5) is 15.5. The van der Waals surface area contributed by atoms with E-state index in [1.165, 1.54) is 0 Å². The minimum Gasteiger partial charge on any atom is -0.399 e. The molecule has 21 heavy (non-hydrogen) atoms. The molecule has 0 saturated heterocycles. The molecule has 2 rings (SSSR count). The van der Waals surface area contributed by atoms with Gasteiger partial charge in [-0.1, -0.05) is 17.7 Å². The maximum absolute atomic E-state index is 12.7. The fourth-order valence-corrected chi connectivity index (χ4v) is 2.91. The van der Waals surface area contributed by atoms with Gasteiger partial charge in [0.25, 0.3) is 5.91 Å². The predicted molar refractivity (Wildman–Crippen MR) is 86.8 cm³/mol. The van der Waals surface area contributed by atoms with E-state index in [2.05, 4.69) is 0 Å². The number of methoxy groups -OCH3 is 1. The predicted octanol–water partition coefficient (Wildman–Crippen LogP) is 3.27.